The van der Waals surface area contributed by atoms with Crippen LogP contribution >= 0.6 is 0 Å². The van der Waals surface area contributed by atoms with Crippen LogP contribution in [0.1, 0.15) is 24.2 Å². The lowest BCUT2D eigenvalue weighted by atomic mass is 10.2. The van der Waals surface area contributed by atoms with Gasteiger partial charge in [0.25, 0.3) is 0 Å². The highest BCUT2D eigenvalue weighted by atomic mass is 16.1. The van der Waals surface area contributed by atoms with Gasteiger partial charge in [0.15, 0.2) is 0 Å². The molecule has 0 unspecified atom stereocenters. The second-order valence-electron chi connectivity index (χ2n) is 3.56. The van der Waals surface area contributed by atoms with Crippen LogP contribution in [0.2, 0.25) is 0 Å². The van der Waals surface area contributed by atoms with E-state index in [1.165, 1.54) is 0 Å². The highest BCUT2D eigenvalue weighted by Crippen LogP contribution is 2.16. The van der Waals surface area contributed by atoms with Gasteiger partial charge >= 0.3 is 0 Å². The smallest absolute Gasteiger partial charge is 0.224 e. The topological polar surface area (TPSA) is 69.8 Å². The lowest BCUT2D eigenvalue weighted by Crippen LogP contribution is -2.15. The molecule has 0 aliphatic heterocycles. The van der Waals surface area contributed by atoms with Gasteiger partial charge in [0, 0.05) is 6.42 Å². The highest BCUT2D eigenvalue weighted by Gasteiger charge is 2.09. The second-order valence-corrected chi connectivity index (χ2v) is 3.56. The fraction of sp³-hybridized carbons (Fsp3) is 0.600. The Hall–Kier alpha value is -1.36. The first-order valence-corrected chi connectivity index (χ1v) is 5.11. The molecule has 1 heterocycles. The molecule has 15 heavy (non-hydrogen) atoms. The molecule has 0 spiro atoms. The van der Waals surface area contributed by atoms with Crippen molar-refractivity contribution in [2.45, 2.75) is 26.7 Å². The molecule has 1 aromatic heterocycles. The summed E-state index contributed by atoms with van der Waals surface area (Å²) in [5, 5.41) is 12.7. The maximum Gasteiger partial charge on any atom is 0.224 e. The third kappa shape index (κ3) is 3.36. The van der Waals surface area contributed by atoms with Gasteiger partial charge in [0.05, 0.1) is 17.1 Å². The molecule has 3 N–H and O–H groups in total. The van der Waals surface area contributed by atoms with E-state index in [2.05, 4.69) is 20.8 Å². The lowest BCUT2D eigenvalue weighted by Gasteiger charge is -2.04. The SMILES string of the molecule is CNCCCC(=O)Nc1c(C)n[nH]c1C. The van der Waals surface area contributed by atoms with Crippen molar-refractivity contribution in [3.05, 3.63) is 11.4 Å². The summed E-state index contributed by atoms with van der Waals surface area (Å²) in [5.74, 6) is 0.0397. The standard InChI is InChI=1S/C10H18N4O/c1-7-10(8(2)14-13-7)12-9(15)5-4-6-11-3/h11H,4-6H2,1-3H3,(H,12,15)(H,13,14). The largest absolute Gasteiger partial charge is 0.323 e. The van der Waals surface area contributed by atoms with Crippen LogP contribution in [0.15, 0.2) is 0 Å². The van der Waals surface area contributed by atoms with E-state index in [0.717, 1.165) is 30.0 Å². The first-order chi connectivity index (χ1) is 7.15. The number of aromatic nitrogens is 2. The molecule has 0 aliphatic carbocycles. The van der Waals surface area contributed by atoms with E-state index in [-0.39, 0.29) is 5.91 Å². The van der Waals surface area contributed by atoms with Gasteiger partial charge in [-0.25, -0.2) is 0 Å². The molecule has 0 bridgehead atoms. The number of hydrogen-bond acceptors (Lipinski definition) is 3. The Bertz CT molecular complexity index is 313. The molecule has 0 atom stereocenters. The van der Waals surface area contributed by atoms with Crippen LogP contribution in [0.25, 0.3) is 0 Å². The maximum absolute atomic E-state index is 11.5. The molecule has 0 saturated carbocycles. The Kier molecular flexibility index (Phi) is 4.30. The van der Waals surface area contributed by atoms with E-state index in [0.29, 0.717) is 6.42 Å². The number of hydrogen-bond donors (Lipinski definition) is 3. The predicted octanol–water partition coefficient (Wildman–Crippen LogP) is 0.965. The predicted molar refractivity (Wildman–Crippen MR) is 59.9 cm³/mol. The maximum atomic E-state index is 11.5. The van der Waals surface area contributed by atoms with Crippen molar-refractivity contribution in [1.29, 1.82) is 0 Å². The minimum atomic E-state index is 0.0397. The van der Waals surface area contributed by atoms with Crippen LogP contribution < -0.4 is 10.6 Å². The Labute approximate surface area is 89.6 Å². The first-order valence-electron chi connectivity index (χ1n) is 5.11. The summed E-state index contributed by atoms with van der Waals surface area (Å²) in [6.45, 7) is 4.62. The quantitative estimate of drug-likeness (QED) is 0.634. The number of aryl methyl sites for hydroxylation is 2. The number of amides is 1. The molecule has 1 rings (SSSR count). The van der Waals surface area contributed by atoms with Crippen molar-refractivity contribution < 1.29 is 4.79 Å². The number of nitrogens with zero attached hydrogens (tertiary/aromatic N) is 1. The molecule has 84 valence electrons. The number of rotatable bonds is 5. The van der Waals surface area contributed by atoms with Crippen molar-refractivity contribution >= 4 is 11.6 Å². The third-order valence-electron chi connectivity index (χ3n) is 2.22. The Morgan fingerprint density at radius 1 is 1.47 bits per heavy atom. The summed E-state index contributed by atoms with van der Waals surface area (Å²) in [7, 11) is 1.88. The molecule has 0 radical (unpaired) electrons. The van der Waals surface area contributed by atoms with E-state index in [1.807, 2.05) is 20.9 Å². The molecule has 0 fully saturated rings. The summed E-state index contributed by atoms with van der Waals surface area (Å²) < 4.78 is 0. The minimum Gasteiger partial charge on any atom is -0.323 e. The van der Waals surface area contributed by atoms with E-state index in [1.54, 1.807) is 0 Å². The van der Waals surface area contributed by atoms with Crippen molar-refractivity contribution in [1.82, 2.24) is 15.5 Å². The number of carbonyl (C=O) groups is 1. The van der Waals surface area contributed by atoms with Gasteiger partial charge in [-0.3, -0.25) is 9.89 Å². The van der Waals surface area contributed by atoms with Crippen LogP contribution in [-0.4, -0.2) is 29.7 Å². The summed E-state index contributed by atoms with van der Waals surface area (Å²) in [6.07, 6.45) is 1.38. The van der Waals surface area contributed by atoms with Crippen molar-refractivity contribution in [3.63, 3.8) is 0 Å². The number of nitrogens with one attached hydrogen (secondary N) is 3. The van der Waals surface area contributed by atoms with Crippen molar-refractivity contribution in [2.24, 2.45) is 0 Å². The third-order valence-corrected chi connectivity index (χ3v) is 2.22. The summed E-state index contributed by atoms with van der Waals surface area (Å²) in [5.41, 5.74) is 2.54. The first kappa shape index (κ1) is 11.7. The monoisotopic (exact) mass is 210 g/mol. The van der Waals surface area contributed by atoms with Crippen LogP contribution in [0.5, 0.6) is 0 Å². The summed E-state index contributed by atoms with van der Waals surface area (Å²) in [6, 6.07) is 0. The fourth-order valence-corrected chi connectivity index (χ4v) is 1.36. The lowest BCUT2D eigenvalue weighted by molar-refractivity contribution is -0.116. The number of carbonyl (C=O) groups excluding carboxylic acids is 1. The Morgan fingerprint density at radius 2 is 2.20 bits per heavy atom. The van der Waals surface area contributed by atoms with Gasteiger partial charge in [0.1, 0.15) is 0 Å². The zero-order valence-corrected chi connectivity index (χ0v) is 9.48. The van der Waals surface area contributed by atoms with E-state index >= 15 is 0 Å². The van der Waals surface area contributed by atoms with Crippen molar-refractivity contribution in [3.8, 4) is 0 Å². The highest BCUT2D eigenvalue weighted by molar-refractivity contribution is 5.91. The normalized spacial score (nSPS) is 10.3. The van der Waals surface area contributed by atoms with Crippen LogP contribution in [0, 0.1) is 13.8 Å². The zero-order valence-electron chi connectivity index (χ0n) is 9.48. The van der Waals surface area contributed by atoms with Gasteiger partial charge in [0.2, 0.25) is 5.91 Å². The van der Waals surface area contributed by atoms with E-state index in [4.69, 9.17) is 0 Å². The average Bonchev–Trinajstić information content (AvgIpc) is 2.50. The molecular weight excluding hydrogens is 192 g/mol. The Balaban J connectivity index is 2.44. The summed E-state index contributed by atoms with van der Waals surface area (Å²) >= 11 is 0. The molecular formula is C10H18N4O. The minimum absolute atomic E-state index is 0.0397. The molecule has 5 nitrogen and oxygen atoms in total. The second kappa shape index (κ2) is 5.50. The molecule has 1 amide bonds. The Morgan fingerprint density at radius 3 is 2.73 bits per heavy atom. The van der Waals surface area contributed by atoms with Crippen LogP contribution in [0.4, 0.5) is 5.69 Å². The van der Waals surface area contributed by atoms with Gasteiger partial charge < -0.3 is 10.6 Å². The average molecular weight is 210 g/mol. The van der Waals surface area contributed by atoms with Gasteiger partial charge in [-0.05, 0) is 33.9 Å². The fourth-order valence-electron chi connectivity index (χ4n) is 1.36. The molecule has 1 aromatic rings. The molecule has 0 saturated heterocycles. The van der Waals surface area contributed by atoms with Crippen LogP contribution in [-0.2, 0) is 4.79 Å². The molecule has 5 heteroatoms. The number of H-pyrrole nitrogens is 1. The van der Waals surface area contributed by atoms with Crippen molar-refractivity contribution in [2.75, 3.05) is 18.9 Å². The molecule has 0 aromatic carbocycles. The van der Waals surface area contributed by atoms with Crippen LogP contribution in [0.3, 0.4) is 0 Å². The number of aromatic amines is 1. The van der Waals surface area contributed by atoms with E-state index in [9.17, 15) is 4.79 Å². The van der Waals surface area contributed by atoms with Gasteiger partial charge in [-0.1, -0.05) is 0 Å². The number of anilines is 1. The molecule has 0 aliphatic rings. The van der Waals surface area contributed by atoms with Gasteiger partial charge in [-0.15, -0.1) is 0 Å². The zero-order chi connectivity index (χ0) is 11.3. The summed E-state index contributed by atoms with van der Waals surface area (Å²) in [4.78, 5) is 11.5. The van der Waals surface area contributed by atoms with E-state index < -0.39 is 0 Å². The van der Waals surface area contributed by atoms with Gasteiger partial charge in [-0.2, -0.15) is 5.10 Å².